The van der Waals surface area contributed by atoms with Crippen LogP contribution in [0.4, 0.5) is 4.79 Å². The molecule has 0 aliphatic rings. The molecular weight excluding hydrogens is 430 g/mol. The third-order valence-electron chi connectivity index (χ3n) is 3.26. The molecule has 0 fully saturated rings. The molecule has 0 aromatic carbocycles. The lowest BCUT2D eigenvalue weighted by Gasteiger charge is -2.24. The van der Waals surface area contributed by atoms with E-state index in [0.29, 0.717) is 6.54 Å². The fraction of sp³-hybridized carbons (Fsp3) is 0.609. The molecule has 2 N–H and O–H groups in total. The van der Waals surface area contributed by atoms with Gasteiger partial charge in [-0.3, -0.25) is 14.4 Å². The predicted molar refractivity (Wildman–Crippen MR) is 128 cm³/mol. The molecule has 0 radical (unpaired) electrons. The van der Waals surface area contributed by atoms with Crippen LogP contribution in [0.5, 0.6) is 0 Å². The number of amides is 2. The fourth-order valence-corrected chi connectivity index (χ4v) is 1.66. The highest BCUT2D eigenvalue weighted by atomic mass is 16.6. The van der Waals surface area contributed by atoms with E-state index in [1.54, 1.807) is 23.9 Å². The molecule has 2 amide bonds. The summed E-state index contributed by atoms with van der Waals surface area (Å²) in [4.78, 5) is 55.8. The second kappa shape index (κ2) is 19.7. The zero-order chi connectivity index (χ0) is 26.6. The Bertz CT molecular complexity index is 664. The number of aliphatic carboxylic acids is 1. The normalized spacial score (nSPS) is 10.5. The van der Waals surface area contributed by atoms with Crippen LogP contribution >= 0.6 is 0 Å². The lowest BCUT2D eigenvalue weighted by Crippen LogP contribution is -2.34. The van der Waals surface area contributed by atoms with Gasteiger partial charge >= 0.3 is 12.1 Å². The molecule has 0 spiro atoms. The smallest absolute Gasteiger partial charge is 0.410 e. The van der Waals surface area contributed by atoms with Crippen molar-refractivity contribution in [2.24, 2.45) is 0 Å². The van der Waals surface area contributed by atoms with Gasteiger partial charge in [-0.05, 0) is 60.2 Å². The Morgan fingerprint density at radius 2 is 1.36 bits per heavy atom. The Hall–Kier alpha value is -3.01. The molecule has 0 saturated heterocycles. The Labute approximate surface area is 197 Å². The van der Waals surface area contributed by atoms with Crippen molar-refractivity contribution in [1.82, 2.24) is 15.1 Å². The number of ether oxygens (including phenoxy) is 1. The van der Waals surface area contributed by atoms with Crippen LogP contribution in [0, 0.1) is 0 Å². The lowest BCUT2D eigenvalue weighted by molar-refractivity contribution is -0.131. The van der Waals surface area contributed by atoms with Crippen molar-refractivity contribution in [3.05, 3.63) is 24.3 Å². The third-order valence-corrected chi connectivity index (χ3v) is 3.26. The summed E-state index contributed by atoms with van der Waals surface area (Å²) < 4.78 is 5.14. The molecule has 0 heterocycles. The van der Waals surface area contributed by atoms with Gasteiger partial charge in [-0.15, -0.1) is 0 Å². The molecule has 0 aliphatic carbocycles. The quantitative estimate of drug-likeness (QED) is 0.489. The van der Waals surface area contributed by atoms with Gasteiger partial charge in [-0.2, -0.15) is 0 Å². The van der Waals surface area contributed by atoms with Crippen LogP contribution in [0.2, 0.25) is 0 Å². The highest BCUT2D eigenvalue weighted by Gasteiger charge is 2.18. The van der Waals surface area contributed by atoms with Crippen LogP contribution in [0.25, 0.3) is 0 Å². The van der Waals surface area contributed by atoms with Crippen molar-refractivity contribution in [2.45, 2.75) is 53.6 Å². The maximum Gasteiger partial charge on any atom is 0.410 e. The van der Waals surface area contributed by atoms with Gasteiger partial charge in [0.15, 0.2) is 11.6 Å². The topological polar surface area (TPSA) is 133 Å². The standard InChI is InChI=1S/C9H16N2O2.C9H19NO2.C5H6O3/c1-8(12)4-5-9(13)11(3)7-6-10-2;1-6-7-10(5)8(11)12-9(2,3)4;1-4(6)2-3-5(7)8/h4-5,10H,6-7H2,1-3H3;6-7H2,1-5H3;2-3H,1H3,(H,7,8)/b5-4+;;3-2+. The number of rotatable bonds is 9. The Balaban J connectivity index is -0.000000421. The number of hydrogen-bond acceptors (Lipinski definition) is 7. The summed E-state index contributed by atoms with van der Waals surface area (Å²) in [7, 11) is 5.27. The minimum Gasteiger partial charge on any atom is -0.478 e. The van der Waals surface area contributed by atoms with E-state index in [-0.39, 0.29) is 29.2 Å². The van der Waals surface area contributed by atoms with Gasteiger partial charge in [0, 0.05) is 45.9 Å². The van der Waals surface area contributed by atoms with Crippen LogP contribution in [-0.4, -0.2) is 90.8 Å². The van der Waals surface area contributed by atoms with Crippen LogP contribution in [0.1, 0.15) is 48.0 Å². The van der Waals surface area contributed by atoms with Crippen LogP contribution in [0.3, 0.4) is 0 Å². The Morgan fingerprint density at radius 3 is 1.70 bits per heavy atom. The predicted octanol–water partition coefficient (Wildman–Crippen LogP) is 2.29. The van der Waals surface area contributed by atoms with Crippen LogP contribution < -0.4 is 5.32 Å². The molecule has 10 heteroatoms. The van der Waals surface area contributed by atoms with E-state index < -0.39 is 5.97 Å². The molecule has 0 aliphatic heterocycles. The average molecular weight is 472 g/mol. The molecule has 0 unspecified atom stereocenters. The molecule has 0 aromatic heterocycles. The highest BCUT2D eigenvalue weighted by Crippen LogP contribution is 2.08. The first-order valence-corrected chi connectivity index (χ1v) is 10.5. The first-order chi connectivity index (χ1) is 15.1. The number of hydrogen-bond donors (Lipinski definition) is 2. The number of allylic oxidation sites excluding steroid dienone is 2. The van der Waals surface area contributed by atoms with E-state index in [2.05, 4.69) is 5.32 Å². The minimum atomic E-state index is -1.10. The van der Waals surface area contributed by atoms with Gasteiger partial charge in [-0.25, -0.2) is 9.59 Å². The van der Waals surface area contributed by atoms with Crippen LogP contribution in [-0.2, 0) is 23.9 Å². The molecular formula is C23H41N3O7. The first-order valence-electron chi connectivity index (χ1n) is 10.5. The lowest BCUT2D eigenvalue weighted by atomic mass is 10.2. The number of carboxylic acid groups (broad SMARTS) is 1. The number of ketones is 2. The summed E-state index contributed by atoms with van der Waals surface area (Å²) in [6.45, 7) is 12.5. The Morgan fingerprint density at radius 1 is 0.879 bits per heavy atom. The molecule has 0 saturated carbocycles. The second-order valence-corrected chi connectivity index (χ2v) is 7.99. The zero-order valence-electron chi connectivity index (χ0n) is 21.4. The van der Waals surface area contributed by atoms with Crippen LogP contribution in [0.15, 0.2) is 24.3 Å². The number of nitrogens with one attached hydrogen (secondary N) is 1. The van der Waals surface area contributed by atoms with Gasteiger partial charge < -0.3 is 25.0 Å². The maximum atomic E-state index is 11.3. The fourth-order valence-electron chi connectivity index (χ4n) is 1.66. The number of likely N-dealkylation sites (N-methyl/N-ethyl adjacent to an activating group) is 2. The van der Waals surface area contributed by atoms with Gasteiger partial charge in [0.2, 0.25) is 5.91 Å². The zero-order valence-corrected chi connectivity index (χ0v) is 21.4. The van der Waals surface area contributed by atoms with E-state index in [4.69, 9.17) is 9.84 Å². The number of carbonyl (C=O) groups is 5. The summed E-state index contributed by atoms with van der Waals surface area (Å²) >= 11 is 0. The van der Waals surface area contributed by atoms with Crippen molar-refractivity contribution < 1.29 is 33.8 Å². The van der Waals surface area contributed by atoms with E-state index in [0.717, 1.165) is 31.7 Å². The van der Waals surface area contributed by atoms with E-state index in [9.17, 15) is 24.0 Å². The van der Waals surface area contributed by atoms with Crippen molar-refractivity contribution in [1.29, 1.82) is 0 Å². The van der Waals surface area contributed by atoms with Gasteiger partial charge in [-0.1, -0.05) is 6.92 Å². The average Bonchev–Trinajstić information content (AvgIpc) is 2.68. The minimum absolute atomic E-state index is 0.115. The molecule has 33 heavy (non-hydrogen) atoms. The van der Waals surface area contributed by atoms with Gasteiger partial charge in [0.05, 0.1) is 0 Å². The summed E-state index contributed by atoms with van der Waals surface area (Å²) in [5, 5.41) is 10.9. The molecule has 0 aromatic rings. The summed E-state index contributed by atoms with van der Waals surface area (Å²) in [6, 6.07) is 0. The van der Waals surface area contributed by atoms with E-state index in [1.807, 2.05) is 34.7 Å². The third kappa shape index (κ3) is 29.0. The molecule has 0 atom stereocenters. The number of carbonyl (C=O) groups excluding carboxylic acids is 4. The van der Waals surface area contributed by atoms with Crippen molar-refractivity contribution in [3.8, 4) is 0 Å². The number of nitrogens with zero attached hydrogens (tertiary/aromatic N) is 2. The summed E-state index contributed by atoms with van der Waals surface area (Å²) in [5.74, 6) is -1.62. The monoisotopic (exact) mass is 471 g/mol. The largest absolute Gasteiger partial charge is 0.478 e. The maximum absolute atomic E-state index is 11.3. The second-order valence-electron chi connectivity index (χ2n) is 7.99. The first kappa shape index (κ1) is 34.6. The SMILES string of the molecule is CC(=O)/C=C/C(=O)O.CCCN(C)C(=O)OC(C)(C)C.CNCCN(C)C(=O)/C=C/C(C)=O. The number of carboxylic acids is 1. The van der Waals surface area contributed by atoms with Gasteiger partial charge in [0.1, 0.15) is 5.60 Å². The molecule has 0 bridgehead atoms. The molecule has 190 valence electrons. The molecule has 0 rings (SSSR count). The van der Waals surface area contributed by atoms with Crippen molar-refractivity contribution in [2.75, 3.05) is 40.8 Å². The van der Waals surface area contributed by atoms with Crippen molar-refractivity contribution >= 4 is 29.5 Å². The summed E-state index contributed by atoms with van der Waals surface area (Å²) in [5.41, 5.74) is -0.390. The van der Waals surface area contributed by atoms with E-state index in [1.165, 1.54) is 26.0 Å². The Kier molecular flexibility index (Phi) is 20.6. The van der Waals surface area contributed by atoms with Crippen molar-refractivity contribution in [3.63, 3.8) is 0 Å². The summed E-state index contributed by atoms with van der Waals surface area (Å²) in [6.07, 6.45) is 5.08. The van der Waals surface area contributed by atoms with E-state index >= 15 is 0 Å². The highest BCUT2D eigenvalue weighted by molar-refractivity contribution is 5.96. The van der Waals surface area contributed by atoms with Gasteiger partial charge in [0.25, 0.3) is 0 Å². The molecule has 10 nitrogen and oxygen atoms in total.